The van der Waals surface area contributed by atoms with Crippen molar-refractivity contribution >= 4 is 23.1 Å². The highest BCUT2D eigenvalue weighted by atomic mass is 16.5. The van der Waals surface area contributed by atoms with Crippen molar-refractivity contribution in [2.24, 2.45) is 0 Å². The maximum atomic E-state index is 9.93. The monoisotopic (exact) mass is 331 g/mol. The summed E-state index contributed by atoms with van der Waals surface area (Å²) in [7, 11) is 0. The van der Waals surface area contributed by atoms with Gasteiger partial charge in [-0.05, 0) is 61.6 Å². The van der Waals surface area contributed by atoms with Gasteiger partial charge in [0.1, 0.15) is 17.0 Å². The second-order valence-corrected chi connectivity index (χ2v) is 6.51. The minimum Gasteiger partial charge on any atom is -0.506 e. The molecule has 0 aliphatic heterocycles. The van der Waals surface area contributed by atoms with Gasteiger partial charge in [0.05, 0.1) is 11.8 Å². The van der Waals surface area contributed by atoms with Crippen molar-refractivity contribution in [3.63, 3.8) is 0 Å². The number of fused-ring (bicyclic) bond motifs is 1. The zero-order chi connectivity index (χ0) is 17.1. The van der Waals surface area contributed by atoms with Crippen molar-refractivity contribution in [3.05, 3.63) is 65.9 Å². The van der Waals surface area contributed by atoms with Crippen LogP contribution in [-0.4, -0.2) is 16.2 Å². The second-order valence-electron chi connectivity index (χ2n) is 6.51. The van der Waals surface area contributed by atoms with E-state index in [1.807, 2.05) is 48.6 Å². The third-order valence-electron chi connectivity index (χ3n) is 4.65. The molecule has 0 unspecified atom stereocenters. The maximum absolute atomic E-state index is 9.93. The van der Waals surface area contributed by atoms with Crippen molar-refractivity contribution in [2.75, 3.05) is 0 Å². The number of hydrogen-bond acceptors (Lipinski definition) is 3. The molecule has 0 saturated heterocycles. The Labute approximate surface area is 147 Å². The van der Waals surface area contributed by atoms with Crippen LogP contribution in [0.5, 0.6) is 11.5 Å². The lowest BCUT2D eigenvalue weighted by molar-refractivity contribution is 0.210. The topological polar surface area (TPSA) is 42.4 Å². The first kappa shape index (κ1) is 15.7. The largest absolute Gasteiger partial charge is 0.506 e. The number of rotatable bonds is 4. The molecule has 0 spiro atoms. The predicted octanol–water partition coefficient (Wildman–Crippen LogP) is 5.43. The lowest BCUT2D eigenvalue weighted by Crippen LogP contribution is -2.10. The summed E-state index contributed by atoms with van der Waals surface area (Å²) in [4.78, 5) is 4.51. The molecular formula is C22H21NO2. The molecule has 1 aliphatic carbocycles. The van der Waals surface area contributed by atoms with Gasteiger partial charge in [0, 0.05) is 5.39 Å². The number of benzene rings is 2. The predicted molar refractivity (Wildman–Crippen MR) is 102 cm³/mol. The first-order chi connectivity index (χ1) is 12.3. The molecule has 1 heterocycles. The number of ether oxygens (including phenoxy) is 1. The number of hydrogen-bond donors (Lipinski definition) is 1. The quantitative estimate of drug-likeness (QED) is 0.693. The number of para-hydroxylation sites is 1. The Balaban J connectivity index is 1.48. The molecule has 3 aromatic rings. The van der Waals surface area contributed by atoms with Crippen LogP contribution >= 0.6 is 0 Å². The molecular weight excluding hydrogens is 310 g/mol. The summed E-state index contributed by atoms with van der Waals surface area (Å²) in [6.45, 7) is 0. The summed E-state index contributed by atoms with van der Waals surface area (Å²) in [6.07, 6.45) is 9.26. The fourth-order valence-corrected chi connectivity index (χ4v) is 3.28. The Morgan fingerprint density at radius 2 is 1.72 bits per heavy atom. The molecule has 1 aromatic heterocycles. The van der Waals surface area contributed by atoms with Crippen molar-refractivity contribution in [2.45, 2.75) is 31.8 Å². The van der Waals surface area contributed by atoms with Gasteiger partial charge < -0.3 is 9.84 Å². The van der Waals surface area contributed by atoms with Crippen LogP contribution in [0.2, 0.25) is 0 Å². The number of nitrogens with zero attached hydrogens (tertiary/aromatic N) is 1. The summed E-state index contributed by atoms with van der Waals surface area (Å²) >= 11 is 0. The van der Waals surface area contributed by atoms with Crippen LogP contribution < -0.4 is 4.74 Å². The van der Waals surface area contributed by atoms with E-state index in [0.717, 1.165) is 22.4 Å². The lowest BCUT2D eigenvalue weighted by atomic mass is 10.1. The third kappa shape index (κ3) is 3.66. The summed E-state index contributed by atoms with van der Waals surface area (Å²) in [6, 6.07) is 17.5. The Morgan fingerprint density at radius 1 is 0.920 bits per heavy atom. The summed E-state index contributed by atoms with van der Waals surface area (Å²) < 4.78 is 5.99. The van der Waals surface area contributed by atoms with Gasteiger partial charge in [0.15, 0.2) is 0 Å². The van der Waals surface area contributed by atoms with Crippen LogP contribution in [0.3, 0.4) is 0 Å². The minimum atomic E-state index is 0.209. The lowest BCUT2D eigenvalue weighted by Gasteiger charge is -2.12. The first-order valence-electron chi connectivity index (χ1n) is 8.81. The number of aromatic hydroxyl groups is 1. The SMILES string of the molecule is Oc1cccc2ccc(/C=C/c3ccc(OC4CCCC4)cc3)nc12. The molecule has 1 fully saturated rings. The smallest absolute Gasteiger partial charge is 0.141 e. The van der Waals surface area contributed by atoms with Crippen LogP contribution in [0.4, 0.5) is 0 Å². The van der Waals surface area contributed by atoms with E-state index in [1.165, 1.54) is 25.7 Å². The Kier molecular flexibility index (Phi) is 4.38. The number of aromatic nitrogens is 1. The Bertz CT molecular complexity index is 894. The molecule has 4 rings (SSSR count). The molecule has 0 atom stereocenters. The van der Waals surface area contributed by atoms with Crippen molar-refractivity contribution < 1.29 is 9.84 Å². The van der Waals surface area contributed by atoms with Crippen molar-refractivity contribution in [1.29, 1.82) is 0 Å². The van der Waals surface area contributed by atoms with Gasteiger partial charge >= 0.3 is 0 Å². The number of pyridine rings is 1. The molecule has 2 aromatic carbocycles. The number of phenols is 1. The second kappa shape index (κ2) is 6.98. The van der Waals surface area contributed by atoms with Crippen LogP contribution in [0, 0.1) is 0 Å². The fourth-order valence-electron chi connectivity index (χ4n) is 3.28. The van der Waals surface area contributed by atoms with Gasteiger partial charge in [-0.1, -0.05) is 36.4 Å². The first-order valence-corrected chi connectivity index (χ1v) is 8.81. The van der Waals surface area contributed by atoms with Gasteiger partial charge in [0.25, 0.3) is 0 Å². The zero-order valence-corrected chi connectivity index (χ0v) is 14.1. The molecule has 1 saturated carbocycles. The van der Waals surface area contributed by atoms with Crippen molar-refractivity contribution in [3.8, 4) is 11.5 Å². The Morgan fingerprint density at radius 3 is 2.52 bits per heavy atom. The van der Waals surface area contributed by atoms with E-state index in [9.17, 15) is 5.11 Å². The molecule has 3 nitrogen and oxygen atoms in total. The van der Waals surface area contributed by atoms with Gasteiger partial charge in [-0.25, -0.2) is 4.98 Å². The molecule has 0 amide bonds. The van der Waals surface area contributed by atoms with E-state index in [2.05, 4.69) is 17.1 Å². The molecule has 0 radical (unpaired) electrons. The van der Waals surface area contributed by atoms with Gasteiger partial charge in [-0.2, -0.15) is 0 Å². The van der Waals surface area contributed by atoms with Crippen LogP contribution in [0.15, 0.2) is 54.6 Å². The molecule has 1 aliphatic rings. The molecule has 126 valence electrons. The summed E-state index contributed by atoms with van der Waals surface area (Å²) in [5, 5.41) is 10.9. The van der Waals surface area contributed by atoms with Gasteiger partial charge in [-0.15, -0.1) is 0 Å². The molecule has 3 heteroatoms. The average molecular weight is 331 g/mol. The van der Waals surface area contributed by atoms with E-state index in [4.69, 9.17) is 4.74 Å². The van der Waals surface area contributed by atoms with E-state index in [-0.39, 0.29) is 5.75 Å². The highest BCUT2D eigenvalue weighted by Gasteiger charge is 2.16. The maximum Gasteiger partial charge on any atom is 0.141 e. The standard InChI is InChI=1S/C22H21NO2/c24-21-7-3-4-17-11-13-18(23-22(17)21)12-8-16-9-14-20(15-10-16)25-19-5-1-2-6-19/h3-4,7-15,19,24H,1-2,5-6H2/b12-8+. The minimum absolute atomic E-state index is 0.209. The van der Waals surface area contributed by atoms with Crippen molar-refractivity contribution in [1.82, 2.24) is 4.98 Å². The fraction of sp³-hybridized carbons (Fsp3) is 0.227. The third-order valence-corrected chi connectivity index (χ3v) is 4.65. The van der Waals surface area contributed by atoms with Crippen LogP contribution in [-0.2, 0) is 0 Å². The average Bonchev–Trinajstić information content (AvgIpc) is 3.15. The highest BCUT2D eigenvalue weighted by Crippen LogP contribution is 2.25. The van der Waals surface area contributed by atoms with Gasteiger partial charge in [0.2, 0.25) is 0 Å². The molecule has 1 N–H and O–H groups in total. The van der Waals surface area contributed by atoms with E-state index in [0.29, 0.717) is 11.6 Å². The number of phenolic OH excluding ortho intramolecular Hbond substituents is 1. The zero-order valence-electron chi connectivity index (χ0n) is 14.1. The highest BCUT2D eigenvalue weighted by molar-refractivity contribution is 5.85. The van der Waals surface area contributed by atoms with Gasteiger partial charge in [-0.3, -0.25) is 0 Å². The Hall–Kier alpha value is -2.81. The van der Waals surface area contributed by atoms with Crippen LogP contribution in [0.1, 0.15) is 36.9 Å². The van der Waals surface area contributed by atoms with E-state index < -0.39 is 0 Å². The molecule has 25 heavy (non-hydrogen) atoms. The molecule has 0 bridgehead atoms. The summed E-state index contributed by atoms with van der Waals surface area (Å²) in [5.74, 6) is 1.15. The van der Waals surface area contributed by atoms with E-state index in [1.54, 1.807) is 6.07 Å². The van der Waals surface area contributed by atoms with Crippen LogP contribution in [0.25, 0.3) is 23.1 Å². The van der Waals surface area contributed by atoms with E-state index >= 15 is 0 Å². The normalized spacial score (nSPS) is 15.2. The summed E-state index contributed by atoms with van der Waals surface area (Å²) in [5.41, 5.74) is 2.54.